The minimum absolute atomic E-state index is 0.0637. The van der Waals surface area contributed by atoms with Gasteiger partial charge in [-0.25, -0.2) is 4.79 Å². The van der Waals surface area contributed by atoms with Crippen LogP contribution in [-0.2, 0) is 17.9 Å². The molecule has 0 bridgehead atoms. The molecule has 4 aromatic rings. The van der Waals surface area contributed by atoms with Gasteiger partial charge in [-0.05, 0) is 34.9 Å². The van der Waals surface area contributed by atoms with Gasteiger partial charge in [-0.15, -0.1) is 0 Å². The molecule has 3 aromatic carbocycles. The number of H-pyrrole nitrogens is 1. The van der Waals surface area contributed by atoms with Gasteiger partial charge in [0.15, 0.2) is 5.69 Å². The monoisotopic (exact) mass is 477 g/mol. The maximum atomic E-state index is 13.4. The molecule has 1 aromatic heterocycles. The van der Waals surface area contributed by atoms with E-state index in [9.17, 15) is 14.4 Å². The molecule has 4 rings (SSSR count). The Hall–Kier alpha value is -5.16. The number of rotatable bonds is 7. The second-order valence-electron chi connectivity index (χ2n) is 8.04. The van der Waals surface area contributed by atoms with E-state index in [0.29, 0.717) is 11.1 Å². The summed E-state index contributed by atoms with van der Waals surface area (Å²) in [7, 11) is 0. The first-order valence-electron chi connectivity index (χ1n) is 11.2. The van der Waals surface area contributed by atoms with Crippen molar-refractivity contribution in [3.8, 4) is 6.07 Å². The molecule has 0 saturated heterocycles. The number of hydrogen-bond donors (Lipinski definition) is 2. The number of aromatic amines is 1. The first-order valence-corrected chi connectivity index (χ1v) is 11.2. The van der Waals surface area contributed by atoms with Crippen molar-refractivity contribution in [1.29, 1.82) is 5.26 Å². The number of carbonyl (C=O) groups excluding carboxylic acids is 1. The third kappa shape index (κ3) is 5.48. The van der Waals surface area contributed by atoms with E-state index in [0.717, 1.165) is 11.1 Å². The van der Waals surface area contributed by atoms with Gasteiger partial charge in [-0.1, -0.05) is 72.8 Å². The number of aromatic nitrogens is 2. The zero-order valence-electron chi connectivity index (χ0n) is 19.3. The normalized spacial score (nSPS) is 10.8. The van der Waals surface area contributed by atoms with E-state index >= 15 is 0 Å². The van der Waals surface area contributed by atoms with Crippen LogP contribution in [0.25, 0.3) is 6.08 Å². The van der Waals surface area contributed by atoms with Gasteiger partial charge in [-0.3, -0.25) is 24.0 Å². The lowest BCUT2D eigenvalue weighted by Gasteiger charge is -2.23. The Kier molecular flexibility index (Phi) is 7.22. The Morgan fingerprint density at radius 1 is 0.944 bits per heavy atom. The number of benzene rings is 3. The number of anilines is 2. The molecule has 0 radical (unpaired) electrons. The highest BCUT2D eigenvalue weighted by Crippen LogP contribution is 2.21. The summed E-state index contributed by atoms with van der Waals surface area (Å²) in [5.41, 5.74) is 7.63. The van der Waals surface area contributed by atoms with Crippen LogP contribution in [0.4, 0.5) is 11.5 Å². The first-order chi connectivity index (χ1) is 17.5. The number of nitrogens with two attached hydrogens (primary N) is 1. The maximum absolute atomic E-state index is 13.4. The fraction of sp³-hybridized carbons (Fsp3) is 0.0714. The molecule has 0 atom stereocenters. The molecule has 1 amide bonds. The van der Waals surface area contributed by atoms with Gasteiger partial charge in [0.1, 0.15) is 5.82 Å². The van der Waals surface area contributed by atoms with Gasteiger partial charge in [0.2, 0.25) is 0 Å². The lowest BCUT2D eigenvalue weighted by molar-refractivity contribution is -0.114. The van der Waals surface area contributed by atoms with Crippen LogP contribution in [0.2, 0.25) is 0 Å². The van der Waals surface area contributed by atoms with Crippen molar-refractivity contribution in [3.05, 3.63) is 134 Å². The van der Waals surface area contributed by atoms with Crippen LogP contribution in [0.15, 0.2) is 101 Å². The average Bonchev–Trinajstić information content (AvgIpc) is 2.90. The quantitative estimate of drug-likeness (QED) is 0.395. The van der Waals surface area contributed by atoms with Gasteiger partial charge in [0, 0.05) is 6.08 Å². The molecule has 1 heterocycles. The van der Waals surface area contributed by atoms with Crippen molar-refractivity contribution in [2.45, 2.75) is 13.1 Å². The summed E-state index contributed by atoms with van der Waals surface area (Å²) in [4.78, 5) is 42.5. The molecule has 3 N–H and O–H groups in total. The zero-order chi connectivity index (χ0) is 25.5. The molecule has 0 unspecified atom stereocenters. The summed E-state index contributed by atoms with van der Waals surface area (Å²) in [6, 6.07) is 27.1. The zero-order valence-corrected chi connectivity index (χ0v) is 19.3. The molecule has 0 aliphatic carbocycles. The Morgan fingerprint density at radius 3 is 2.17 bits per heavy atom. The number of nitriles is 1. The van der Waals surface area contributed by atoms with Gasteiger partial charge >= 0.3 is 5.69 Å². The molecular formula is C28H23N5O3. The summed E-state index contributed by atoms with van der Waals surface area (Å²) < 4.78 is 1.24. The van der Waals surface area contributed by atoms with Crippen molar-refractivity contribution in [1.82, 2.24) is 9.55 Å². The highest BCUT2D eigenvalue weighted by Gasteiger charge is 2.23. The van der Waals surface area contributed by atoms with E-state index in [-0.39, 0.29) is 24.6 Å². The summed E-state index contributed by atoms with van der Waals surface area (Å²) >= 11 is 0. The fourth-order valence-electron chi connectivity index (χ4n) is 3.72. The molecular weight excluding hydrogens is 454 g/mol. The number of nitrogens with one attached hydrogen (secondary N) is 1. The van der Waals surface area contributed by atoms with Crippen molar-refractivity contribution in [3.63, 3.8) is 0 Å². The van der Waals surface area contributed by atoms with Gasteiger partial charge < -0.3 is 5.73 Å². The molecule has 0 aliphatic heterocycles. The summed E-state index contributed by atoms with van der Waals surface area (Å²) in [6.07, 6.45) is 2.92. The highest BCUT2D eigenvalue weighted by atomic mass is 16.2. The van der Waals surface area contributed by atoms with E-state index in [1.54, 1.807) is 30.3 Å². The number of carbonyl (C=O) groups is 1. The SMILES string of the molecule is N#Cc1ccc(/C=C\C(=O)N(Cc2ccccc2)c2c(N)n(Cc3ccccc3)c(=O)[nH]c2=O)cc1. The molecule has 8 nitrogen and oxygen atoms in total. The van der Waals surface area contributed by atoms with Crippen molar-refractivity contribution < 1.29 is 4.79 Å². The number of amides is 1. The summed E-state index contributed by atoms with van der Waals surface area (Å²) in [6.45, 7) is 0.192. The predicted molar refractivity (Wildman–Crippen MR) is 139 cm³/mol. The number of nitrogen functional groups attached to an aromatic ring is 1. The topological polar surface area (TPSA) is 125 Å². The lowest BCUT2D eigenvalue weighted by atomic mass is 10.1. The Balaban J connectivity index is 1.76. The Labute approximate surface area is 207 Å². The van der Waals surface area contributed by atoms with Crippen LogP contribution < -0.4 is 21.9 Å². The number of hydrogen-bond acceptors (Lipinski definition) is 5. The van der Waals surface area contributed by atoms with Crippen LogP contribution in [-0.4, -0.2) is 15.5 Å². The van der Waals surface area contributed by atoms with Gasteiger partial charge in [0.05, 0.1) is 24.7 Å². The van der Waals surface area contributed by atoms with E-state index in [1.165, 1.54) is 15.5 Å². The summed E-state index contributed by atoms with van der Waals surface area (Å²) in [5, 5.41) is 8.98. The third-order valence-electron chi connectivity index (χ3n) is 5.58. The summed E-state index contributed by atoms with van der Waals surface area (Å²) in [5.74, 6) is -0.603. The first kappa shape index (κ1) is 24.0. The van der Waals surface area contributed by atoms with Crippen LogP contribution >= 0.6 is 0 Å². The van der Waals surface area contributed by atoms with E-state index in [2.05, 4.69) is 4.98 Å². The minimum Gasteiger partial charge on any atom is -0.383 e. The molecule has 0 saturated carbocycles. The van der Waals surface area contributed by atoms with Crippen LogP contribution in [0.3, 0.4) is 0 Å². The predicted octanol–water partition coefficient (Wildman–Crippen LogP) is 3.29. The van der Waals surface area contributed by atoms with Crippen molar-refractivity contribution in [2.75, 3.05) is 10.6 Å². The minimum atomic E-state index is -0.752. The van der Waals surface area contributed by atoms with Gasteiger partial charge in [-0.2, -0.15) is 5.26 Å². The van der Waals surface area contributed by atoms with Crippen molar-refractivity contribution in [2.24, 2.45) is 0 Å². The second kappa shape index (κ2) is 10.8. The molecule has 8 heteroatoms. The molecule has 0 spiro atoms. The molecule has 0 fully saturated rings. The smallest absolute Gasteiger partial charge is 0.330 e. The van der Waals surface area contributed by atoms with Crippen LogP contribution in [0.5, 0.6) is 0 Å². The van der Waals surface area contributed by atoms with E-state index in [1.807, 2.05) is 66.7 Å². The average molecular weight is 478 g/mol. The fourth-order valence-corrected chi connectivity index (χ4v) is 3.72. The Morgan fingerprint density at radius 2 is 1.56 bits per heavy atom. The van der Waals surface area contributed by atoms with E-state index in [4.69, 9.17) is 11.0 Å². The molecule has 0 aliphatic rings. The largest absolute Gasteiger partial charge is 0.383 e. The molecule has 36 heavy (non-hydrogen) atoms. The molecule has 178 valence electrons. The van der Waals surface area contributed by atoms with E-state index < -0.39 is 17.2 Å². The second-order valence-corrected chi connectivity index (χ2v) is 8.04. The number of nitrogens with zero attached hydrogens (tertiary/aromatic N) is 3. The highest BCUT2D eigenvalue weighted by molar-refractivity contribution is 6.05. The third-order valence-corrected chi connectivity index (χ3v) is 5.58. The Bertz CT molecular complexity index is 1550. The van der Waals surface area contributed by atoms with Crippen molar-refractivity contribution >= 4 is 23.5 Å². The lowest BCUT2D eigenvalue weighted by Crippen LogP contribution is -2.40. The standard InChI is InChI=1S/C28H23N5O3/c29-17-21-13-11-20(12-14-21)15-16-24(34)32(18-22-7-3-1-4-8-22)25-26(30)33(28(36)31-27(25)35)19-23-9-5-2-6-10-23/h1-16H,18-19,30H2,(H,31,35,36)/b16-15-. The maximum Gasteiger partial charge on any atom is 0.330 e. The van der Waals surface area contributed by atoms with Gasteiger partial charge in [0.25, 0.3) is 11.5 Å². The van der Waals surface area contributed by atoms with Crippen LogP contribution in [0, 0.1) is 11.3 Å². The van der Waals surface area contributed by atoms with Crippen LogP contribution in [0.1, 0.15) is 22.3 Å².